The van der Waals surface area contributed by atoms with Gasteiger partial charge in [0.1, 0.15) is 0 Å². The Morgan fingerprint density at radius 2 is 2.27 bits per heavy atom. The molecule has 15 heavy (non-hydrogen) atoms. The summed E-state index contributed by atoms with van der Waals surface area (Å²) in [7, 11) is 0. The van der Waals surface area contributed by atoms with E-state index in [1.807, 2.05) is 13.8 Å². The number of nitrogens with one attached hydrogen (secondary N) is 1. The third-order valence-corrected chi connectivity index (χ3v) is 2.17. The normalized spacial score (nSPS) is 11.9. The molecule has 4 nitrogen and oxygen atoms in total. The molecule has 0 spiro atoms. The molecule has 0 aliphatic rings. The van der Waals surface area contributed by atoms with Crippen LogP contribution in [0.4, 0.5) is 11.4 Å². The molecule has 0 aliphatic carbocycles. The molecule has 1 rings (SSSR count). The lowest BCUT2D eigenvalue weighted by Gasteiger charge is -2.12. The Hall–Kier alpha value is -1.84. The number of nitro benzene ring substituents is 1. The van der Waals surface area contributed by atoms with Crippen molar-refractivity contribution >= 4 is 11.4 Å². The average Bonchev–Trinajstić information content (AvgIpc) is 2.20. The third kappa shape index (κ3) is 2.80. The summed E-state index contributed by atoms with van der Waals surface area (Å²) in [6.45, 7) is 7.49. The van der Waals surface area contributed by atoms with Gasteiger partial charge < -0.3 is 5.32 Å². The van der Waals surface area contributed by atoms with Gasteiger partial charge in [-0.3, -0.25) is 10.1 Å². The second-order valence-corrected chi connectivity index (χ2v) is 3.43. The van der Waals surface area contributed by atoms with E-state index in [4.69, 9.17) is 0 Å². The summed E-state index contributed by atoms with van der Waals surface area (Å²) < 4.78 is 0. The largest absolute Gasteiger partial charge is 0.379 e. The van der Waals surface area contributed by atoms with E-state index in [-0.39, 0.29) is 11.7 Å². The van der Waals surface area contributed by atoms with Gasteiger partial charge in [-0.2, -0.15) is 0 Å². The number of non-ortho nitro benzene ring substituents is 1. The van der Waals surface area contributed by atoms with Gasteiger partial charge in [0.2, 0.25) is 0 Å². The predicted octanol–water partition coefficient (Wildman–Crippen LogP) is 2.89. The Labute approximate surface area is 88.8 Å². The lowest BCUT2D eigenvalue weighted by molar-refractivity contribution is -0.384. The molecule has 0 aliphatic heterocycles. The topological polar surface area (TPSA) is 55.2 Å². The number of hydrogen-bond donors (Lipinski definition) is 1. The lowest BCUT2D eigenvalue weighted by Crippen LogP contribution is -2.12. The summed E-state index contributed by atoms with van der Waals surface area (Å²) in [5, 5.41) is 13.7. The van der Waals surface area contributed by atoms with Crippen molar-refractivity contribution in [1.82, 2.24) is 0 Å². The van der Waals surface area contributed by atoms with Crippen molar-refractivity contribution in [3.05, 3.63) is 46.5 Å². The highest BCUT2D eigenvalue weighted by molar-refractivity contribution is 5.57. The van der Waals surface area contributed by atoms with Crippen LogP contribution in [-0.2, 0) is 0 Å². The van der Waals surface area contributed by atoms with E-state index in [9.17, 15) is 10.1 Å². The molecule has 1 aromatic rings. The number of aryl methyl sites for hydroxylation is 1. The summed E-state index contributed by atoms with van der Waals surface area (Å²) in [5.74, 6) is 0. The van der Waals surface area contributed by atoms with E-state index in [0.29, 0.717) is 0 Å². The molecule has 0 saturated heterocycles. The zero-order valence-corrected chi connectivity index (χ0v) is 8.86. The van der Waals surface area contributed by atoms with Gasteiger partial charge in [-0.25, -0.2) is 0 Å². The van der Waals surface area contributed by atoms with Crippen LogP contribution in [0.15, 0.2) is 30.9 Å². The van der Waals surface area contributed by atoms with Crippen LogP contribution < -0.4 is 5.32 Å². The monoisotopic (exact) mass is 206 g/mol. The maximum atomic E-state index is 10.6. The number of benzene rings is 1. The Morgan fingerprint density at radius 3 is 2.80 bits per heavy atom. The summed E-state index contributed by atoms with van der Waals surface area (Å²) in [5.41, 5.74) is 1.85. The van der Waals surface area contributed by atoms with Crippen molar-refractivity contribution in [2.75, 3.05) is 5.32 Å². The second kappa shape index (κ2) is 4.59. The maximum absolute atomic E-state index is 10.6. The second-order valence-electron chi connectivity index (χ2n) is 3.43. The fourth-order valence-electron chi connectivity index (χ4n) is 1.18. The molecule has 0 amide bonds. The van der Waals surface area contributed by atoms with Crippen LogP contribution in [0.1, 0.15) is 12.5 Å². The van der Waals surface area contributed by atoms with Crippen LogP contribution in [0.25, 0.3) is 0 Å². The van der Waals surface area contributed by atoms with Crippen LogP contribution in [0.5, 0.6) is 0 Å². The highest BCUT2D eigenvalue weighted by Crippen LogP contribution is 2.22. The SMILES string of the molecule is C=CC(C)Nc1cc([N+](=O)[O-])ccc1C. The van der Waals surface area contributed by atoms with Crippen LogP contribution in [0.3, 0.4) is 0 Å². The minimum atomic E-state index is -0.400. The van der Waals surface area contributed by atoms with Crippen molar-refractivity contribution in [3.63, 3.8) is 0 Å². The fourth-order valence-corrected chi connectivity index (χ4v) is 1.18. The number of nitro groups is 1. The van der Waals surface area contributed by atoms with Gasteiger partial charge >= 0.3 is 0 Å². The van der Waals surface area contributed by atoms with E-state index in [1.54, 1.807) is 12.1 Å². The molecule has 4 heteroatoms. The van der Waals surface area contributed by atoms with Gasteiger partial charge in [0.15, 0.2) is 0 Å². The molecular weight excluding hydrogens is 192 g/mol. The van der Waals surface area contributed by atoms with Crippen LogP contribution in [0.2, 0.25) is 0 Å². The predicted molar refractivity (Wildman–Crippen MR) is 61.1 cm³/mol. The van der Waals surface area contributed by atoms with E-state index in [2.05, 4.69) is 11.9 Å². The molecule has 1 N–H and O–H groups in total. The quantitative estimate of drug-likeness (QED) is 0.468. The molecule has 0 aromatic heterocycles. The number of rotatable bonds is 4. The van der Waals surface area contributed by atoms with Gasteiger partial charge in [0.25, 0.3) is 5.69 Å². The molecule has 0 radical (unpaired) electrons. The molecular formula is C11H14N2O2. The van der Waals surface area contributed by atoms with Gasteiger partial charge in [-0.1, -0.05) is 12.1 Å². The maximum Gasteiger partial charge on any atom is 0.271 e. The molecule has 1 unspecified atom stereocenters. The van der Waals surface area contributed by atoms with E-state index in [0.717, 1.165) is 11.3 Å². The average molecular weight is 206 g/mol. The Morgan fingerprint density at radius 1 is 1.60 bits per heavy atom. The van der Waals surface area contributed by atoms with Crippen LogP contribution >= 0.6 is 0 Å². The van der Waals surface area contributed by atoms with E-state index >= 15 is 0 Å². The highest BCUT2D eigenvalue weighted by atomic mass is 16.6. The molecule has 0 bridgehead atoms. The molecule has 80 valence electrons. The highest BCUT2D eigenvalue weighted by Gasteiger charge is 2.09. The summed E-state index contributed by atoms with van der Waals surface area (Å²) in [6, 6.07) is 4.86. The van der Waals surface area contributed by atoms with Crippen LogP contribution in [-0.4, -0.2) is 11.0 Å². The lowest BCUT2D eigenvalue weighted by atomic mass is 10.1. The van der Waals surface area contributed by atoms with Gasteiger partial charge in [0, 0.05) is 23.9 Å². The van der Waals surface area contributed by atoms with Crippen molar-refractivity contribution in [1.29, 1.82) is 0 Å². The molecule has 0 saturated carbocycles. The van der Waals surface area contributed by atoms with Crippen molar-refractivity contribution in [2.45, 2.75) is 19.9 Å². The van der Waals surface area contributed by atoms with Crippen molar-refractivity contribution in [3.8, 4) is 0 Å². The van der Waals surface area contributed by atoms with E-state index < -0.39 is 4.92 Å². The van der Waals surface area contributed by atoms with Gasteiger partial charge in [-0.05, 0) is 19.4 Å². The first kappa shape index (κ1) is 11.2. The molecule has 1 atom stereocenters. The minimum absolute atomic E-state index is 0.0886. The minimum Gasteiger partial charge on any atom is -0.379 e. The Bertz CT molecular complexity index is 388. The van der Waals surface area contributed by atoms with E-state index in [1.165, 1.54) is 12.1 Å². The fraction of sp³-hybridized carbons (Fsp3) is 0.273. The Balaban J connectivity index is 3.00. The van der Waals surface area contributed by atoms with Crippen molar-refractivity contribution < 1.29 is 4.92 Å². The smallest absolute Gasteiger partial charge is 0.271 e. The van der Waals surface area contributed by atoms with Gasteiger partial charge in [-0.15, -0.1) is 6.58 Å². The first-order valence-corrected chi connectivity index (χ1v) is 4.68. The Kier molecular flexibility index (Phi) is 3.44. The standard InChI is InChI=1S/C11H14N2O2/c1-4-9(3)12-11-7-10(13(14)15)6-5-8(11)2/h4-7,9,12H,1H2,2-3H3. The third-order valence-electron chi connectivity index (χ3n) is 2.17. The summed E-state index contributed by atoms with van der Waals surface area (Å²) in [6.07, 6.45) is 1.75. The van der Waals surface area contributed by atoms with Crippen LogP contribution in [0, 0.1) is 17.0 Å². The number of nitrogens with zero attached hydrogens (tertiary/aromatic N) is 1. The number of anilines is 1. The zero-order valence-electron chi connectivity index (χ0n) is 8.86. The zero-order chi connectivity index (χ0) is 11.4. The van der Waals surface area contributed by atoms with Crippen molar-refractivity contribution in [2.24, 2.45) is 0 Å². The first-order chi connectivity index (χ1) is 7.04. The summed E-state index contributed by atoms with van der Waals surface area (Å²) in [4.78, 5) is 10.2. The van der Waals surface area contributed by atoms with Gasteiger partial charge in [0.05, 0.1) is 4.92 Å². The molecule has 0 heterocycles. The molecule has 0 fully saturated rings. The summed E-state index contributed by atoms with van der Waals surface area (Å²) >= 11 is 0. The molecule has 1 aromatic carbocycles. The number of hydrogen-bond acceptors (Lipinski definition) is 3. The first-order valence-electron chi connectivity index (χ1n) is 4.68.